The van der Waals surface area contributed by atoms with Crippen molar-refractivity contribution in [3.63, 3.8) is 0 Å². The Kier molecular flexibility index (Phi) is 7.30. The average Bonchev–Trinajstić information content (AvgIpc) is 3.22. The fourth-order valence-corrected chi connectivity index (χ4v) is 4.12. The van der Waals surface area contributed by atoms with Gasteiger partial charge in [0.05, 0.1) is 6.42 Å². The summed E-state index contributed by atoms with van der Waals surface area (Å²) in [6.45, 7) is 8.39. The van der Waals surface area contributed by atoms with Crippen LogP contribution in [-0.2, 0) is 22.6 Å². The van der Waals surface area contributed by atoms with E-state index in [2.05, 4.69) is 23.5 Å². The van der Waals surface area contributed by atoms with Crippen molar-refractivity contribution in [1.29, 1.82) is 0 Å². The summed E-state index contributed by atoms with van der Waals surface area (Å²) in [4.78, 5) is 28.1. The smallest absolute Gasteiger partial charge is 0.242 e. The molecule has 0 aliphatic heterocycles. The number of carbonyl (C=O) groups is 2. The number of hydrogen-bond donors (Lipinski definition) is 1. The van der Waals surface area contributed by atoms with Gasteiger partial charge in [-0.05, 0) is 57.2 Å². The summed E-state index contributed by atoms with van der Waals surface area (Å²) in [5, 5.41) is 3.16. The zero-order valence-corrected chi connectivity index (χ0v) is 18.7. The molecule has 1 aliphatic carbocycles. The molecule has 4 nitrogen and oxygen atoms in total. The summed E-state index contributed by atoms with van der Waals surface area (Å²) in [5.41, 5.74) is 5.49. The topological polar surface area (TPSA) is 49.4 Å². The summed E-state index contributed by atoms with van der Waals surface area (Å²) in [6.07, 6.45) is 4.70. The summed E-state index contributed by atoms with van der Waals surface area (Å²) in [6, 6.07) is 14.1. The minimum absolute atomic E-state index is 0.0154. The second kappa shape index (κ2) is 9.92. The van der Waals surface area contributed by atoms with E-state index in [4.69, 9.17) is 0 Å². The molecule has 0 saturated heterocycles. The van der Waals surface area contributed by atoms with Crippen LogP contribution in [0.2, 0.25) is 0 Å². The first-order chi connectivity index (χ1) is 14.3. The highest BCUT2D eigenvalue weighted by Gasteiger charge is 2.28. The highest BCUT2D eigenvalue weighted by atomic mass is 16.2. The van der Waals surface area contributed by atoms with Crippen LogP contribution in [0.25, 0.3) is 0 Å². The molecule has 30 heavy (non-hydrogen) atoms. The van der Waals surface area contributed by atoms with Crippen molar-refractivity contribution in [1.82, 2.24) is 10.2 Å². The second-order valence-corrected chi connectivity index (χ2v) is 8.78. The Bertz CT molecular complexity index is 882. The summed E-state index contributed by atoms with van der Waals surface area (Å²) in [7, 11) is 0. The molecule has 1 saturated carbocycles. The number of nitrogens with zero attached hydrogens (tertiary/aromatic N) is 1. The largest absolute Gasteiger partial charge is 0.352 e. The predicted molar refractivity (Wildman–Crippen MR) is 121 cm³/mol. The quantitative estimate of drug-likeness (QED) is 0.729. The summed E-state index contributed by atoms with van der Waals surface area (Å²) < 4.78 is 0. The van der Waals surface area contributed by atoms with Crippen molar-refractivity contribution in [2.75, 3.05) is 0 Å². The Morgan fingerprint density at radius 3 is 2.30 bits per heavy atom. The van der Waals surface area contributed by atoms with Crippen molar-refractivity contribution in [2.24, 2.45) is 0 Å². The fraction of sp³-hybridized carbons (Fsp3) is 0.462. The minimum Gasteiger partial charge on any atom is -0.352 e. The first kappa shape index (κ1) is 22.1. The number of rotatable bonds is 7. The molecular formula is C26H34N2O2. The number of amides is 2. The third kappa shape index (κ3) is 5.71. The maximum Gasteiger partial charge on any atom is 0.242 e. The zero-order chi connectivity index (χ0) is 21.7. The van der Waals surface area contributed by atoms with Crippen molar-refractivity contribution >= 4 is 11.8 Å². The molecular weight excluding hydrogens is 372 g/mol. The Balaban J connectivity index is 1.79. The molecule has 0 heterocycles. The van der Waals surface area contributed by atoms with Gasteiger partial charge in [0.25, 0.3) is 0 Å². The number of aryl methyl sites for hydroxylation is 3. The molecule has 160 valence electrons. The average molecular weight is 407 g/mol. The Morgan fingerprint density at radius 1 is 1.00 bits per heavy atom. The molecule has 1 atom stereocenters. The molecule has 2 amide bonds. The Hall–Kier alpha value is -2.62. The third-order valence-corrected chi connectivity index (χ3v) is 6.19. The van der Waals surface area contributed by atoms with E-state index in [1.807, 2.05) is 52.0 Å². The summed E-state index contributed by atoms with van der Waals surface area (Å²) in [5.74, 6) is -0.0679. The normalized spacial score (nSPS) is 15.1. The molecule has 0 aromatic heterocycles. The van der Waals surface area contributed by atoms with E-state index in [0.29, 0.717) is 13.0 Å². The SMILES string of the molecule is Cc1ccc(CN(C(=O)Cc2cc(C)ccc2C)C(C)C(=O)NC2CCCC2)cc1. The molecule has 0 spiro atoms. The van der Waals surface area contributed by atoms with Crippen LogP contribution in [0.4, 0.5) is 0 Å². The molecule has 2 aromatic rings. The van der Waals surface area contributed by atoms with E-state index in [-0.39, 0.29) is 17.9 Å². The Morgan fingerprint density at radius 2 is 1.63 bits per heavy atom. The van der Waals surface area contributed by atoms with Gasteiger partial charge in [0, 0.05) is 12.6 Å². The van der Waals surface area contributed by atoms with Crippen LogP contribution in [-0.4, -0.2) is 28.8 Å². The highest BCUT2D eigenvalue weighted by molar-refractivity contribution is 5.88. The van der Waals surface area contributed by atoms with E-state index < -0.39 is 6.04 Å². The molecule has 0 radical (unpaired) electrons. The van der Waals surface area contributed by atoms with Crippen LogP contribution in [0.5, 0.6) is 0 Å². The lowest BCUT2D eigenvalue weighted by Crippen LogP contribution is -2.50. The van der Waals surface area contributed by atoms with Crippen molar-refractivity contribution < 1.29 is 9.59 Å². The molecule has 1 aliphatic rings. The Labute approximate surface area is 180 Å². The van der Waals surface area contributed by atoms with E-state index in [1.54, 1.807) is 4.90 Å². The number of hydrogen-bond acceptors (Lipinski definition) is 2. The number of nitrogens with one attached hydrogen (secondary N) is 1. The fourth-order valence-electron chi connectivity index (χ4n) is 4.12. The van der Waals surface area contributed by atoms with Crippen LogP contribution in [0.15, 0.2) is 42.5 Å². The molecule has 2 aromatic carbocycles. The van der Waals surface area contributed by atoms with Crippen molar-refractivity contribution in [3.05, 3.63) is 70.3 Å². The van der Waals surface area contributed by atoms with Gasteiger partial charge >= 0.3 is 0 Å². The van der Waals surface area contributed by atoms with E-state index in [0.717, 1.165) is 47.9 Å². The first-order valence-electron chi connectivity index (χ1n) is 11.0. The minimum atomic E-state index is -0.510. The van der Waals surface area contributed by atoms with E-state index >= 15 is 0 Å². The number of carbonyl (C=O) groups excluding carboxylic acids is 2. The summed E-state index contributed by atoms with van der Waals surface area (Å²) >= 11 is 0. The third-order valence-electron chi connectivity index (χ3n) is 6.19. The van der Waals surface area contributed by atoms with Gasteiger partial charge < -0.3 is 10.2 Å². The predicted octanol–water partition coefficient (Wildman–Crippen LogP) is 4.63. The van der Waals surface area contributed by atoms with Gasteiger partial charge in [-0.25, -0.2) is 0 Å². The molecule has 1 unspecified atom stereocenters. The maximum absolute atomic E-state index is 13.4. The molecule has 1 fully saturated rings. The van der Waals surface area contributed by atoms with Crippen LogP contribution < -0.4 is 5.32 Å². The monoisotopic (exact) mass is 406 g/mol. The van der Waals surface area contributed by atoms with Crippen molar-refractivity contribution in [2.45, 2.75) is 78.4 Å². The highest BCUT2D eigenvalue weighted by Crippen LogP contribution is 2.19. The van der Waals surface area contributed by atoms with Gasteiger partial charge in [0.1, 0.15) is 6.04 Å². The maximum atomic E-state index is 13.4. The second-order valence-electron chi connectivity index (χ2n) is 8.78. The van der Waals surface area contributed by atoms with Crippen LogP contribution in [0.1, 0.15) is 60.4 Å². The van der Waals surface area contributed by atoms with E-state index in [9.17, 15) is 9.59 Å². The standard InChI is InChI=1S/C26H34N2O2/c1-18-10-13-22(14-11-18)17-28(21(4)26(30)27-24-7-5-6-8-24)25(29)16-23-15-19(2)9-12-20(23)3/h9-15,21,24H,5-8,16-17H2,1-4H3,(H,27,30). The molecule has 3 rings (SSSR count). The lowest BCUT2D eigenvalue weighted by molar-refractivity contribution is -0.140. The van der Waals surface area contributed by atoms with Crippen LogP contribution in [0.3, 0.4) is 0 Å². The van der Waals surface area contributed by atoms with Gasteiger partial charge in [-0.3, -0.25) is 9.59 Å². The molecule has 4 heteroatoms. The van der Waals surface area contributed by atoms with Crippen molar-refractivity contribution in [3.8, 4) is 0 Å². The molecule has 0 bridgehead atoms. The van der Waals surface area contributed by atoms with Gasteiger partial charge in [-0.15, -0.1) is 0 Å². The number of benzene rings is 2. The van der Waals surface area contributed by atoms with Gasteiger partial charge in [-0.1, -0.05) is 66.4 Å². The van der Waals surface area contributed by atoms with Crippen LogP contribution in [0, 0.1) is 20.8 Å². The molecule has 1 N–H and O–H groups in total. The van der Waals surface area contributed by atoms with Gasteiger partial charge in [-0.2, -0.15) is 0 Å². The zero-order valence-electron chi connectivity index (χ0n) is 18.7. The van der Waals surface area contributed by atoms with Crippen LogP contribution >= 0.6 is 0 Å². The van der Waals surface area contributed by atoms with Gasteiger partial charge in [0.2, 0.25) is 11.8 Å². The van der Waals surface area contributed by atoms with Gasteiger partial charge in [0.15, 0.2) is 0 Å². The lowest BCUT2D eigenvalue weighted by Gasteiger charge is -2.30. The first-order valence-corrected chi connectivity index (χ1v) is 11.0. The van der Waals surface area contributed by atoms with E-state index in [1.165, 1.54) is 5.56 Å². The lowest BCUT2D eigenvalue weighted by atomic mass is 10.0.